The number of hydrogen-bond acceptors (Lipinski definition) is 6. The minimum absolute atomic E-state index is 0.0694. The van der Waals surface area contributed by atoms with Crippen molar-refractivity contribution in [1.82, 2.24) is 15.1 Å². The number of hydrogen-bond donors (Lipinski definition) is 1. The molecule has 34 heavy (non-hydrogen) atoms. The van der Waals surface area contributed by atoms with Crippen molar-refractivity contribution in [2.45, 2.75) is 12.5 Å². The van der Waals surface area contributed by atoms with Crippen molar-refractivity contribution in [3.8, 4) is 11.5 Å². The standard InChI is InChI=1S/C25H31N3O5S/c1-32-20-10-8-19(9-11-20)24(30)27-13-15-28(16-14-27)25(31)22(12-17-34-2)26-23(29)18-33-21-6-4-3-5-7-21/h3-11,22H,12-18H2,1-2H3,(H,26,29). The molecule has 9 heteroatoms. The highest BCUT2D eigenvalue weighted by Gasteiger charge is 2.30. The molecule has 2 aromatic rings. The number of methoxy groups -OCH3 is 1. The molecule has 3 amide bonds. The Morgan fingerprint density at radius 1 is 0.941 bits per heavy atom. The number of carbonyl (C=O) groups is 3. The van der Waals surface area contributed by atoms with Gasteiger partial charge in [0.1, 0.15) is 17.5 Å². The first kappa shape index (κ1) is 25.4. The van der Waals surface area contributed by atoms with Crippen molar-refractivity contribution in [2.75, 3.05) is 51.9 Å². The minimum Gasteiger partial charge on any atom is -0.497 e. The van der Waals surface area contributed by atoms with Crippen molar-refractivity contribution in [1.29, 1.82) is 0 Å². The lowest BCUT2D eigenvalue weighted by atomic mass is 10.1. The maximum atomic E-state index is 13.2. The van der Waals surface area contributed by atoms with Crippen molar-refractivity contribution < 1.29 is 23.9 Å². The molecule has 1 aliphatic rings. The maximum absolute atomic E-state index is 13.2. The Hall–Kier alpha value is -3.20. The molecule has 2 aromatic carbocycles. The average Bonchev–Trinajstić information content (AvgIpc) is 2.89. The third-order valence-corrected chi connectivity index (χ3v) is 6.22. The number of amides is 3. The summed E-state index contributed by atoms with van der Waals surface area (Å²) in [5.74, 6) is 1.50. The van der Waals surface area contributed by atoms with E-state index in [9.17, 15) is 14.4 Å². The largest absolute Gasteiger partial charge is 0.497 e. The lowest BCUT2D eigenvalue weighted by molar-refractivity contribution is -0.138. The Morgan fingerprint density at radius 2 is 1.59 bits per heavy atom. The number of rotatable bonds is 10. The fourth-order valence-corrected chi connectivity index (χ4v) is 4.13. The van der Waals surface area contributed by atoms with E-state index in [0.717, 1.165) is 5.75 Å². The van der Waals surface area contributed by atoms with Crippen LogP contribution in [0.25, 0.3) is 0 Å². The van der Waals surface area contributed by atoms with Crippen LogP contribution in [-0.2, 0) is 9.59 Å². The van der Waals surface area contributed by atoms with E-state index in [1.165, 1.54) is 0 Å². The molecule has 0 aliphatic carbocycles. The summed E-state index contributed by atoms with van der Waals surface area (Å²) in [6.45, 7) is 1.57. The number of piperazine rings is 1. The predicted octanol–water partition coefficient (Wildman–Crippen LogP) is 2.30. The number of benzene rings is 2. The molecule has 0 aromatic heterocycles. The SMILES string of the molecule is COc1ccc(C(=O)N2CCN(C(=O)C(CCSC)NC(=O)COc3ccccc3)CC2)cc1. The van der Waals surface area contributed by atoms with E-state index in [1.54, 1.807) is 65.1 Å². The quantitative estimate of drug-likeness (QED) is 0.556. The summed E-state index contributed by atoms with van der Waals surface area (Å²) in [7, 11) is 1.58. The molecule has 0 saturated carbocycles. The molecule has 1 fully saturated rings. The third kappa shape index (κ3) is 7.15. The average molecular weight is 486 g/mol. The third-order valence-electron chi connectivity index (χ3n) is 5.57. The van der Waals surface area contributed by atoms with Gasteiger partial charge in [-0.2, -0.15) is 11.8 Å². The summed E-state index contributed by atoms with van der Waals surface area (Å²) >= 11 is 1.62. The Balaban J connectivity index is 1.52. The van der Waals surface area contributed by atoms with Gasteiger partial charge in [-0.3, -0.25) is 14.4 Å². The van der Waals surface area contributed by atoms with Crippen LogP contribution in [0.1, 0.15) is 16.8 Å². The van der Waals surface area contributed by atoms with Crippen LogP contribution in [-0.4, -0.2) is 85.5 Å². The zero-order chi connectivity index (χ0) is 24.3. The topological polar surface area (TPSA) is 88.2 Å². The summed E-state index contributed by atoms with van der Waals surface area (Å²) < 4.78 is 10.6. The van der Waals surface area contributed by atoms with Crippen molar-refractivity contribution in [3.63, 3.8) is 0 Å². The molecule has 0 spiro atoms. The Bertz CT molecular complexity index is 947. The molecular weight excluding hydrogens is 454 g/mol. The first-order chi connectivity index (χ1) is 16.5. The smallest absolute Gasteiger partial charge is 0.258 e. The van der Waals surface area contributed by atoms with Gasteiger partial charge in [0.05, 0.1) is 7.11 Å². The van der Waals surface area contributed by atoms with E-state index in [0.29, 0.717) is 49.7 Å². The van der Waals surface area contributed by atoms with Crippen molar-refractivity contribution >= 4 is 29.5 Å². The van der Waals surface area contributed by atoms with E-state index in [-0.39, 0.29) is 24.3 Å². The molecule has 182 valence electrons. The van der Waals surface area contributed by atoms with Crippen LogP contribution >= 0.6 is 11.8 Å². The molecule has 1 atom stereocenters. The number of nitrogens with one attached hydrogen (secondary N) is 1. The summed E-state index contributed by atoms with van der Waals surface area (Å²) in [6, 6.07) is 15.5. The number of nitrogens with zero attached hydrogens (tertiary/aromatic N) is 2. The normalized spacial score (nSPS) is 14.3. The lowest BCUT2D eigenvalue weighted by Crippen LogP contribution is -2.56. The van der Waals surface area contributed by atoms with Gasteiger partial charge in [0.25, 0.3) is 11.8 Å². The fraction of sp³-hybridized carbons (Fsp3) is 0.400. The Labute approximate surface area is 204 Å². The van der Waals surface area contributed by atoms with Crippen LogP contribution in [0.2, 0.25) is 0 Å². The van der Waals surface area contributed by atoms with Crippen LogP contribution in [0.15, 0.2) is 54.6 Å². The van der Waals surface area contributed by atoms with Gasteiger partial charge in [-0.1, -0.05) is 18.2 Å². The van der Waals surface area contributed by atoms with Crippen LogP contribution in [0, 0.1) is 0 Å². The highest BCUT2D eigenvalue weighted by Crippen LogP contribution is 2.15. The first-order valence-corrected chi connectivity index (χ1v) is 12.6. The molecule has 3 rings (SSSR count). The van der Waals surface area contributed by atoms with Gasteiger partial charge >= 0.3 is 0 Å². The van der Waals surface area contributed by atoms with Crippen molar-refractivity contribution in [2.24, 2.45) is 0 Å². The Kier molecular flexibility index (Phi) is 9.63. The zero-order valence-corrected chi connectivity index (χ0v) is 20.4. The van der Waals surface area contributed by atoms with Gasteiger partial charge in [-0.15, -0.1) is 0 Å². The molecule has 0 radical (unpaired) electrons. The molecule has 8 nitrogen and oxygen atoms in total. The minimum atomic E-state index is -0.622. The van der Waals surface area contributed by atoms with Gasteiger partial charge in [0.15, 0.2) is 6.61 Å². The highest BCUT2D eigenvalue weighted by atomic mass is 32.2. The van der Waals surface area contributed by atoms with E-state index in [1.807, 2.05) is 24.5 Å². The van der Waals surface area contributed by atoms with Crippen LogP contribution in [0.4, 0.5) is 0 Å². The van der Waals surface area contributed by atoms with Gasteiger partial charge in [0.2, 0.25) is 5.91 Å². The molecule has 1 aliphatic heterocycles. The second kappa shape index (κ2) is 12.9. The van der Waals surface area contributed by atoms with Crippen LogP contribution in [0.3, 0.4) is 0 Å². The van der Waals surface area contributed by atoms with Gasteiger partial charge in [-0.05, 0) is 54.8 Å². The first-order valence-electron chi connectivity index (χ1n) is 11.2. The molecule has 1 N–H and O–H groups in total. The second-order valence-electron chi connectivity index (χ2n) is 7.85. The number of para-hydroxylation sites is 1. The lowest BCUT2D eigenvalue weighted by Gasteiger charge is -2.36. The molecule has 1 heterocycles. The highest BCUT2D eigenvalue weighted by molar-refractivity contribution is 7.98. The predicted molar refractivity (Wildman–Crippen MR) is 132 cm³/mol. The van der Waals surface area contributed by atoms with Crippen LogP contribution < -0.4 is 14.8 Å². The van der Waals surface area contributed by atoms with E-state index in [4.69, 9.17) is 9.47 Å². The molecule has 1 saturated heterocycles. The van der Waals surface area contributed by atoms with Crippen LogP contribution in [0.5, 0.6) is 11.5 Å². The summed E-state index contributed by atoms with van der Waals surface area (Å²) in [4.78, 5) is 41.9. The van der Waals surface area contributed by atoms with Crippen molar-refractivity contribution in [3.05, 3.63) is 60.2 Å². The van der Waals surface area contributed by atoms with E-state index < -0.39 is 6.04 Å². The zero-order valence-electron chi connectivity index (χ0n) is 19.6. The maximum Gasteiger partial charge on any atom is 0.258 e. The van der Waals surface area contributed by atoms with Gasteiger partial charge < -0.3 is 24.6 Å². The van der Waals surface area contributed by atoms with Gasteiger partial charge in [-0.25, -0.2) is 0 Å². The van der Waals surface area contributed by atoms with E-state index >= 15 is 0 Å². The molecule has 1 unspecified atom stereocenters. The Morgan fingerprint density at radius 3 is 2.21 bits per heavy atom. The molecule has 0 bridgehead atoms. The number of thioether (sulfide) groups is 1. The van der Waals surface area contributed by atoms with E-state index in [2.05, 4.69) is 5.32 Å². The molecular formula is C25H31N3O5S. The summed E-state index contributed by atoms with van der Waals surface area (Å²) in [5, 5.41) is 2.83. The monoisotopic (exact) mass is 485 g/mol. The fourth-order valence-electron chi connectivity index (χ4n) is 3.66. The van der Waals surface area contributed by atoms with Gasteiger partial charge in [0, 0.05) is 31.7 Å². The second-order valence-corrected chi connectivity index (χ2v) is 8.83. The summed E-state index contributed by atoms with van der Waals surface area (Å²) in [5.41, 5.74) is 0.587. The number of ether oxygens (including phenoxy) is 2. The number of carbonyl (C=O) groups excluding carboxylic acids is 3. The summed E-state index contributed by atoms with van der Waals surface area (Å²) in [6.07, 6.45) is 2.49.